The van der Waals surface area contributed by atoms with Crippen LogP contribution in [0.15, 0.2) is 21.9 Å². The molecule has 1 aliphatic rings. The van der Waals surface area contributed by atoms with E-state index in [0.717, 1.165) is 36.0 Å². The molecule has 0 bridgehead atoms. The van der Waals surface area contributed by atoms with Crippen LogP contribution >= 0.6 is 36.2 Å². The summed E-state index contributed by atoms with van der Waals surface area (Å²) in [5.41, 5.74) is 0.745. The van der Waals surface area contributed by atoms with Gasteiger partial charge >= 0.3 is 0 Å². The van der Waals surface area contributed by atoms with E-state index in [-0.39, 0.29) is 36.8 Å². The minimum Gasteiger partial charge on any atom is -0.440 e. The third-order valence-electron chi connectivity index (χ3n) is 3.76. The minimum atomic E-state index is 0. The second kappa shape index (κ2) is 8.68. The van der Waals surface area contributed by atoms with Crippen molar-refractivity contribution in [1.29, 1.82) is 0 Å². The predicted molar refractivity (Wildman–Crippen MR) is 96.8 cm³/mol. The zero-order valence-electron chi connectivity index (χ0n) is 13.1. The van der Waals surface area contributed by atoms with Gasteiger partial charge in [-0.3, -0.25) is 4.79 Å². The molecule has 8 heteroatoms. The fraction of sp³-hybridized carbons (Fsp3) is 0.467. The zero-order valence-corrected chi connectivity index (χ0v) is 15.5. The van der Waals surface area contributed by atoms with Crippen molar-refractivity contribution in [2.45, 2.75) is 26.3 Å². The van der Waals surface area contributed by atoms with Crippen molar-refractivity contribution < 1.29 is 9.21 Å². The number of aryl methyl sites for hydroxylation is 1. The number of carbonyl (C=O) groups is 1. The number of nitrogens with one attached hydrogen (secondary N) is 1. The number of oxazole rings is 1. The molecule has 1 atom stereocenters. The Morgan fingerprint density at radius 1 is 1.52 bits per heavy atom. The molecule has 1 amide bonds. The van der Waals surface area contributed by atoms with E-state index in [1.165, 1.54) is 0 Å². The maximum Gasteiger partial charge on any atom is 0.236 e. The molecular formula is C15H21Cl2N3O2S. The van der Waals surface area contributed by atoms with E-state index in [1.807, 2.05) is 29.3 Å². The summed E-state index contributed by atoms with van der Waals surface area (Å²) < 4.78 is 5.69. The number of halogens is 2. The van der Waals surface area contributed by atoms with Crippen LogP contribution in [0.4, 0.5) is 0 Å². The van der Waals surface area contributed by atoms with E-state index in [9.17, 15) is 4.79 Å². The first-order chi connectivity index (χ1) is 10.1. The standard InChI is InChI=1S/C15H19N3O2S.2ClH/c1-10-9-16-5-6-18(10)14(19)8-12-11(2)20-15(17-12)13-4-3-7-21-13;;/h3-4,7,10,16H,5-6,8-9H2,1-2H3;2*1H/t10-;;/m1../s1. The monoisotopic (exact) mass is 377 g/mol. The molecule has 5 nitrogen and oxygen atoms in total. The predicted octanol–water partition coefficient (Wildman–Crippen LogP) is 2.92. The fourth-order valence-electron chi connectivity index (χ4n) is 2.55. The number of hydrogen-bond acceptors (Lipinski definition) is 5. The fourth-order valence-corrected chi connectivity index (χ4v) is 3.20. The number of hydrogen-bond donors (Lipinski definition) is 1. The average molecular weight is 378 g/mol. The summed E-state index contributed by atoms with van der Waals surface area (Å²) in [6.07, 6.45) is 0.311. The number of aromatic nitrogens is 1. The SMILES string of the molecule is Cc1oc(-c2cccs2)nc1CC(=O)N1CCNC[C@H]1C.Cl.Cl. The van der Waals surface area contributed by atoms with Crippen molar-refractivity contribution >= 4 is 42.1 Å². The molecule has 3 heterocycles. The van der Waals surface area contributed by atoms with E-state index in [1.54, 1.807) is 11.3 Å². The van der Waals surface area contributed by atoms with Gasteiger partial charge in [0.1, 0.15) is 5.76 Å². The van der Waals surface area contributed by atoms with Crippen LogP contribution in [0, 0.1) is 6.92 Å². The van der Waals surface area contributed by atoms with Gasteiger partial charge < -0.3 is 14.6 Å². The van der Waals surface area contributed by atoms with Crippen LogP contribution in [0.2, 0.25) is 0 Å². The van der Waals surface area contributed by atoms with Gasteiger partial charge in [-0.2, -0.15) is 0 Å². The van der Waals surface area contributed by atoms with Gasteiger partial charge in [0.25, 0.3) is 0 Å². The molecule has 0 unspecified atom stereocenters. The lowest BCUT2D eigenvalue weighted by Crippen LogP contribution is -2.52. The van der Waals surface area contributed by atoms with Crippen molar-refractivity contribution in [3.63, 3.8) is 0 Å². The third kappa shape index (κ3) is 4.47. The normalized spacial score (nSPS) is 17.3. The molecule has 0 aliphatic carbocycles. The molecule has 1 saturated heterocycles. The number of amides is 1. The van der Waals surface area contributed by atoms with Crippen LogP contribution in [0.5, 0.6) is 0 Å². The van der Waals surface area contributed by atoms with Crippen LogP contribution in [0.3, 0.4) is 0 Å². The minimum absolute atomic E-state index is 0. The molecule has 1 aliphatic heterocycles. The second-order valence-electron chi connectivity index (χ2n) is 5.32. The van der Waals surface area contributed by atoms with Crippen molar-refractivity contribution in [3.8, 4) is 10.8 Å². The lowest BCUT2D eigenvalue weighted by Gasteiger charge is -2.33. The largest absolute Gasteiger partial charge is 0.440 e. The molecule has 1 N–H and O–H groups in total. The van der Waals surface area contributed by atoms with E-state index in [4.69, 9.17) is 4.42 Å². The van der Waals surface area contributed by atoms with Gasteiger partial charge in [-0.15, -0.1) is 36.2 Å². The van der Waals surface area contributed by atoms with Gasteiger partial charge in [0.15, 0.2) is 0 Å². The van der Waals surface area contributed by atoms with Gasteiger partial charge in [0, 0.05) is 25.7 Å². The first-order valence-electron chi connectivity index (χ1n) is 7.15. The van der Waals surface area contributed by atoms with Crippen LogP contribution < -0.4 is 5.32 Å². The molecule has 0 radical (unpaired) electrons. The molecule has 0 spiro atoms. The summed E-state index contributed by atoms with van der Waals surface area (Å²) in [7, 11) is 0. The maximum absolute atomic E-state index is 12.4. The van der Waals surface area contributed by atoms with Crippen LogP contribution in [0.1, 0.15) is 18.4 Å². The zero-order chi connectivity index (χ0) is 14.8. The van der Waals surface area contributed by atoms with Crippen LogP contribution in [0.25, 0.3) is 10.8 Å². The molecule has 2 aromatic heterocycles. The molecule has 2 aromatic rings. The van der Waals surface area contributed by atoms with E-state index < -0.39 is 0 Å². The summed E-state index contributed by atoms with van der Waals surface area (Å²) in [5, 5.41) is 5.28. The highest BCUT2D eigenvalue weighted by Gasteiger charge is 2.25. The molecule has 1 fully saturated rings. The van der Waals surface area contributed by atoms with Gasteiger partial charge in [0.05, 0.1) is 17.0 Å². The summed E-state index contributed by atoms with van der Waals surface area (Å²) in [6.45, 7) is 6.40. The summed E-state index contributed by atoms with van der Waals surface area (Å²) in [6, 6.07) is 4.17. The Balaban J connectivity index is 0.00000132. The average Bonchev–Trinajstić information content (AvgIpc) is 3.10. The summed E-state index contributed by atoms with van der Waals surface area (Å²) >= 11 is 1.59. The molecule has 23 heavy (non-hydrogen) atoms. The van der Waals surface area contributed by atoms with Crippen molar-refractivity contribution in [1.82, 2.24) is 15.2 Å². The van der Waals surface area contributed by atoms with Crippen molar-refractivity contribution in [2.75, 3.05) is 19.6 Å². The van der Waals surface area contributed by atoms with Gasteiger partial charge in [-0.25, -0.2) is 4.98 Å². The third-order valence-corrected chi connectivity index (χ3v) is 4.62. The summed E-state index contributed by atoms with van der Waals surface area (Å²) in [4.78, 5) is 19.9. The Bertz CT molecular complexity index is 631. The topological polar surface area (TPSA) is 58.4 Å². The lowest BCUT2D eigenvalue weighted by molar-refractivity contribution is -0.133. The lowest BCUT2D eigenvalue weighted by atomic mass is 10.1. The highest BCUT2D eigenvalue weighted by Crippen LogP contribution is 2.26. The smallest absolute Gasteiger partial charge is 0.236 e. The van der Waals surface area contributed by atoms with Crippen molar-refractivity contribution in [3.05, 3.63) is 29.0 Å². The first-order valence-corrected chi connectivity index (χ1v) is 8.03. The number of rotatable bonds is 3. The van der Waals surface area contributed by atoms with E-state index in [2.05, 4.69) is 17.2 Å². The molecule has 128 valence electrons. The van der Waals surface area contributed by atoms with Gasteiger partial charge in [-0.1, -0.05) is 6.07 Å². The Kier molecular flexibility index (Phi) is 7.54. The molecule has 0 saturated carbocycles. The van der Waals surface area contributed by atoms with Crippen LogP contribution in [-0.4, -0.2) is 41.5 Å². The van der Waals surface area contributed by atoms with E-state index in [0.29, 0.717) is 12.3 Å². The first kappa shape index (κ1) is 20.0. The quantitative estimate of drug-likeness (QED) is 0.892. The van der Waals surface area contributed by atoms with E-state index >= 15 is 0 Å². The number of nitrogens with zero attached hydrogens (tertiary/aromatic N) is 2. The highest BCUT2D eigenvalue weighted by atomic mass is 35.5. The maximum atomic E-state index is 12.4. The van der Waals surface area contributed by atoms with Crippen molar-refractivity contribution in [2.24, 2.45) is 0 Å². The van der Waals surface area contributed by atoms with Gasteiger partial charge in [-0.05, 0) is 25.3 Å². The summed E-state index contributed by atoms with van der Waals surface area (Å²) in [5.74, 6) is 1.46. The molecule has 0 aromatic carbocycles. The number of carbonyl (C=O) groups excluding carboxylic acids is 1. The number of thiophene rings is 1. The second-order valence-corrected chi connectivity index (χ2v) is 6.26. The Morgan fingerprint density at radius 2 is 2.30 bits per heavy atom. The van der Waals surface area contributed by atoms with Gasteiger partial charge in [0.2, 0.25) is 11.8 Å². The Morgan fingerprint density at radius 3 is 2.96 bits per heavy atom. The molecule has 3 rings (SSSR count). The Hall–Kier alpha value is -1.08. The highest BCUT2D eigenvalue weighted by molar-refractivity contribution is 7.13. The number of piperazine rings is 1. The van der Waals surface area contributed by atoms with Crippen LogP contribution in [-0.2, 0) is 11.2 Å². The molecular weight excluding hydrogens is 357 g/mol. The Labute approximate surface area is 152 Å².